The van der Waals surface area contributed by atoms with Crippen molar-refractivity contribution in [1.29, 1.82) is 0 Å². The maximum absolute atomic E-state index is 10.0. The Balaban J connectivity index is -0.000000245. The summed E-state index contributed by atoms with van der Waals surface area (Å²) in [5.74, 6) is -0.910. The number of hydrogen-bond donors (Lipinski definition) is 2. The summed E-state index contributed by atoms with van der Waals surface area (Å²) in [7, 11) is 0. The molecule has 0 aromatic carbocycles. The van der Waals surface area contributed by atoms with Gasteiger partial charge in [-0.3, -0.25) is 4.79 Å². The molecule has 0 rings (SSSR count). The summed E-state index contributed by atoms with van der Waals surface area (Å²) < 4.78 is 0. The Morgan fingerprint density at radius 2 is 1.80 bits per heavy atom. The molecule has 0 radical (unpaired) electrons. The van der Waals surface area contributed by atoms with E-state index in [0.717, 1.165) is 0 Å². The standard InChI is InChI=1S/C5H11NO2.Ca.O/c1-3(2)4(6)5(7)8;;/h3-4H,6H2,1-2H3,(H,7,8);;/q;+2;-2/t4-;;/m0../s1. The number of nitrogens with two attached hydrogens (primary N) is 1. The van der Waals surface area contributed by atoms with Gasteiger partial charge in [-0.25, -0.2) is 0 Å². The van der Waals surface area contributed by atoms with E-state index in [1.165, 1.54) is 0 Å². The molecule has 0 spiro atoms. The predicted octanol–water partition coefficient (Wildman–Crippen LogP) is -0.445. The minimum absolute atomic E-state index is 0. The quantitative estimate of drug-likeness (QED) is 0.554. The van der Waals surface area contributed by atoms with Crippen molar-refractivity contribution in [3.63, 3.8) is 0 Å². The molecule has 0 unspecified atom stereocenters. The van der Waals surface area contributed by atoms with Crippen molar-refractivity contribution in [3.05, 3.63) is 0 Å². The van der Waals surface area contributed by atoms with Crippen LogP contribution in [0.25, 0.3) is 0 Å². The summed E-state index contributed by atoms with van der Waals surface area (Å²) in [6, 6.07) is -0.713. The van der Waals surface area contributed by atoms with Crippen LogP contribution >= 0.6 is 0 Å². The molecule has 5 heteroatoms. The number of aliphatic carboxylic acids is 1. The summed E-state index contributed by atoms with van der Waals surface area (Å²) in [4.78, 5) is 10.0. The number of carbonyl (C=O) groups is 1. The van der Waals surface area contributed by atoms with Crippen molar-refractivity contribution >= 4 is 43.7 Å². The zero-order valence-electron chi connectivity index (χ0n) is 6.20. The second-order valence-electron chi connectivity index (χ2n) is 2.11. The summed E-state index contributed by atoms with van der Waals surface area (Å²) in [5, 5.41) is 8.23. The summed E-state index contributed by atoms with van der Waals surface area (Å²) in [6.07, 6.45) is 0. The van der Waals surface area contributed by atoms with E-state index in [-0.39, 0.29) is 49.1 Å². The van der Waals surface area contributed by atoms with Crippen LogP contribution in [-0.4, -0.2) is 54.9 Å². The fourth-order valence-electron chi connectivity index (χ4n) is 0.285. The SMILES string of the molecule is CC(C)[C@H](N)C(=O)O.[Ca+2].[O-2]. The maximum Gasteiger partial charge on any atom is 2.00 e. The maximum atomic E-state index is 10.0. The Morgan fingerprint density at radius 3 is 1.80 bits per heavy atom. The van der Waals surface area contributed by atoms with Gasteiger partial charge in [-0.15, -0.1) is 0 Å². The average molecular weight is 173 g/mol. The molecule has 0 aromatic heterocycles. The number of carboxylic acid groups (broad SMARTS) is 1. The molecule has 0 aliphatic rings. The molecule has 4 nitrogen and oxygen atoms in total. The van der Waals surface area contributed by atoms with Gasteiger partial charge < -0.3 is 16.3 Å². The molecule has 3 N–H and O–H groups in total. The third-order valence-electron chi connectivity index (χ3n) is 1.00. The second-order valence-corrected chi connectivity index (χ2v) is 2.11. The topological polar surface area (TPSA) is 91.8 Å². The first-order valence-electron chi connectivity index (χ1n) is 2.54. The van der Waals surface area contributed by atoms with Crippen LogP contribution in [0.1, 0.15) is 13.8 Å². The van der Waals surface area contributed by atoms with Crippen LogP contribution < -0.4 is 5.73 Å². The average Bonchev–Trinajstić information content (AvgIpc) is 1.64. The Hall–Kier alpha value is 0.650. The van der Waals surface area contributed by atoms with E-state index in [0.29, 0.717) is 0 Å². The number of rotatable bonds is 2. The van der Waals surface area contributed by atoms with Gasteiger partial charge in [0.2, 0.25) is 0 Å². The smallest absolute Gasteiger partial charge is 2.00 e. The molecule has 0 aromatic rings. The van der Waals surface area contributed by atoms with Crippen LogP contribution in [0, 0.1) is 5.92 Å². The van der Waals surface area contributed by atoms with Gasteiger partial charge in [-0.1, -0.05) is 13.8 Å². The Bertz CT molecular complexity index is 96.9. The van der Waals surface area contributed by atoms with Crippen molar-refractivity contribution in [3.8, 4) is 0 Å². The summed E-state index contributed by atoms with van der Waals surface area (Å²) >= 11 is 0. The van der Waals surface area contributed by atoms with Gasteiger partial charge in [-0.05, 0) is 5.92 Å². The van der Waals surface area contributed by atoms with Crippen LogP contribution in [0.3, 0.4) is 0 Å². The summed E-state index contributed by atoms with van der Waals surface area (Å²) in [6.45, 7) is 3.55. The monoisotopic (exact) mass is 173 g/mol. The Labute approximate surface area is 90.1 Å². The number of carboxylic acids is 1. The van der Waals surface area contributed by atoms with Gasteiger partial charge in [0.05, 0.1) is 0 Å². The van der Waals surface area contributed by atoms with E-state index >= 15 is 0 Å². The van der Waals surface area contributed by atoms with Gasteiger partial charge >= 0.3 is 43.7 Å². The first kappa shape index (κ1) is 16.9. The van der Waals surface area contributed by atoms with Crippen molar-refractivity contribution in [1.82, 2.24) is 0 Å². The van der Waals surface area contributed by atoms with E-state index < -0.39 is 12.0 Å². The van der Waals surface area contributed by atoms with E-state index in [4.69, 9.17) is 10.8 Å². The molecular formula is C5H11CaNO3. The Morgan fingerprint density at radius 1 is 1.50 bits per heavy atom. The minimum atomic E-state index is -0.931. The summed E-state index contributed by atoms with van der Waals surface area (Å²) in [5.41, 5.74) is 5.16. The van der Waals surface area contributed by atoms with Crippen LogP contribution in [0.4, 0.5) is 0 Å². The molecule has 0 aliphatic heterocycles. The molecule has 10 heavy (non-hydrogen) atoms. The number of hydrogen-bond acceptors (Lipinski definition) is 2. The van der Waals surface area contributed by atoms with Gasteiger partial charge in [0.1, 0.15) is 6.04 Å². The molecule has 0 saturated carbocycles. The fraction of sp³-hybridized carbons (Fsp3) is 0.800. The van der Waals surface area contributed by atoms with Crippen LogP contribution in [0.2, 0.25) is 0 Å². The third kappa shape index (κ3) is 6.77. The molecular weight excluding hydrogens is 162 g/mol. The second kappa shape index (κ2) is 7.75. The van der Waals surface area contributed by atoms with Crippen molar-refractivity contribution < 1.29 is 15.4 Å². The fourth-order valence-corrected chi connectivity index (χ4v) is 0.285. The van der Waals surface area contributed by atoms with Crippen molar-refractivity contribution in [2.75, 3.05) is 0 Å². The zero-order valence-corrected chi connectivity index (χ0v) is 8.41. The van der Waals surface area contributed by atoms with E-state index in [1.54, 1.807) is 13.8 Å². The molecule has 0 saturated heterocycles. The van der Waals surface area contributed by atoms with Gasteiger partial charge in [0.25, 0.3) is 0 Å². The van der Waals surface area contributed by atoms with Crippen LogP contribution in [0.15, 0.2) is 0 Å². The molecule has 0 aliphatic carbocycles. The van der Waals surface area contributed by atoms with E-state index in [2.05, 4.69) is 0 Å². The third-order valence-corrected chi connectivity index (χ3v) is 1.00. The zero-order chi connectivity index (χ0) is 6.73. The molecule has 1 atom stereocenters. The van der Waals surface area contributed by atoms with Gasteiger partial charge in [-0.2, -0.15) is 0 Å². The molecule has 0 fully saturated rings. The molecule has 0 heterocycles. The van der Waals surface area contributed by atoms with Gasteiger partial charge in [0.15, 0.2) is 0 Å². The van der Waals surface area contributed by atoms with Crippen molar-refractivity contribution in [2.45, 2.75) is 19.9 Å². The van der Waals surface area contributed by atoms with E-state index in [9.17, 15) is 4.79 Å². The normalized spacial score (nSPS) is 11.2. The first-order chi connectivity index (χ1) is 3.55. The van der Waals surface area contributed by atoms with Gasteiger partial charge in [0, 0.05) is 0 Å². The molecule has 56 valence electrons. The Kier molecular flexibility index (Phi) is 13.1. The van der Waals surface area contributed by atoms with Crippen LogP contribution in [-0.2, 0) is 10.3 Å². The van der Waals surface area contributed by atoms with Crippen molar-refractivity contribution in [2.24, 2.45) is 11.7 Å². The first-order valence-corrected chi connectivity index (χ1v) is 2.54. The molecule has 0 bridgehead atoms. The predicted molar refractivity (Wildman–Crippen MR) is 36.9 cm³/mol. The molecule has 0 amide bonds. The minimum Gasteiger partial charge on any atom is -2.00 e. The largest absolute Gasteiger partial charge is 2.00 e. The van der Waals surface area contributed by atoms with Crippen LogP contribution in [0.5, 0.6) is 0 Å². The van der Waals surface area contributed by atoms with E-state index in [1.807, 2.05) is 0 Å².